The number of amides is 1. The molecule has 2 heterocycles. The quantitative estimate of drug-likeness (QED) is 0.110. The number of hydrogen-bond acceptors (Lipinski definition) is 8. The molecule has 2 aliphatic heterocycles. The molecular weight excluding hydrogens is 594 g/mol. The van der Waals surface area contributed by atoms with Crippen molar-refractivity contribution in [2.45, 2.75) is 37.2 Å². The van der Waals surface area contributed by atoms with Crippen molar-refractivity contribution in [3.63, 3.8) is 0 Å². The molecule has 6 rings (SSSR count). The molecule has 1 unspecified atom stereocenters. The van der Waals surface area contributed by atoms with Crippen LogP contribution in [0.4, 0.5) is 5.69 Å². The van der Waals surface area contributed by atoms with Crippen LogP contribution in [0.25, 0.3) is 0 Å². The number of carbonyl (C=O) groups is 1. The van der Waals surface area contributed by atoms with Gasteiger partial charge in [-0.2, -0.15) is 0 Å². The van der Waals surface area contributed by atoms with Crippen LogP contribution in [0, 0.1) is 0 Å². The Morgan fingerprint density at radius 1 is 0.936 bits per heavy atom. The van der Waals surface area contributed by atoms with Gasteiger partial charge in [-0.15, -0.1) is 0 Å². The van der Waals surface area contributed by atoms with Gasteiger partial charge in [0, 0.05) is 29.5 Å². The number of phenols is 2. The van der Waals surface area contributed by atoms with E-state index in [9.17, 15) is 20.1 Å². The summed E-state index contributed by atoms with van der Waals surface area (Å²) >= 11 is 0. The van der Waals surface area contributed by atoms with Crippen molar-refractivity contribution >= 4 is 11.6 Å². The normalized spacial score (nSPS) is 16.5. The summed E-state index contributed by atoms with van der Waals surface area (Å²) in [5.41, 5.74) is 5.02. The number of rotatable bonds is 12. The number of nitrogens with zero attached hydrogens (tertiary/aromatic N) is 1. The molecule has 0 radical (unpaired) electrons. The second kappa shape index (κ2) is 14.5. The topological polar surface area (TPSA) is 124 Å². The van der Waals surface area contributed by atoms with Crippen LogP contribution in [0.3, 0.4) is 0 Å². The molecular formula is C38H43N3O6. The molecule has 1 amide bonds. The average Bonchev–Trinajstić information content (AvgIpc) is 3.09. The minimum absolute atomic E-state index is 0.0985. The Kier molecular flexibility index (Phi) is 9.96. The average molecular weight is 638 g/mol. The third-order valence-electron chi connectivity index (χ3n) is 9.39. The van der Waals surface area contributed by atoms with Crippen molar-refractivity contribution in [2.75, 3.05) is 51.8 Å². The SMILES string of the molecule is CN1CCC(c2ccccc2)(c2cc(CCOc3ccc(CCNCC(O)c4ccc(O)c5c4OCC(=O)N5)cc3)ccc2O)CC1. The van der Waals surface area contributed by atoms with E-state index in [4.69, 9.17) is 9.47 Å². The Bertz CT molecular complexity index is 1670. The highest BCUT2D eigenvalue weighted by Gasteiger charge is 2.39. The van der Waals surface area contributed by atoms with Gasteiger partial charge in [0.2, 0.25) is 0 Å². The summed E-state index contributed by atoms with van der Waals surface area (Å²) in [6.07, 6.45) is 2.54. The van der Waals surface area contributed by atoms with Gasteiger partial charge < -0.3 is 40.3 Å². The first kappa shape index (κ1) is 32.4. The molecule has 0 bridgehead atoms. The number of piperidine rings is 1. The first-order valence-electron chi connectivity index (χ1n) is 16.3. The van der Waals surface area contributed by atoms with Crippen LogP contribution < -0.4 is 20.1 Å². The summed E-state index contributed by atoms with van der Waals surface area (Å²) in [6, 6.07) is 27.7. The number of aliphatic hydroxyl groups excluding tert-OH is 1. The fraction of sp³-hybridized carbons (Fsp3) is 0.342. The van der Waals surface area contributed by atoms with Crippen molar-refractivity contribution in [2.24, 2.45) is 0 Å². The lowest BCUT2D eigenvalue weighted by molar-refractivity contribution is -0.118. The van der Waals surface area contributed by atoms with E-state index in [1.165, 1.54) is 11.6 Å². The van der Waals surface area contributed by atoms with Crippen LogP contribution in [0.15, 0.2) is 84.9 Å². The Morgan fingerprint density at radius 3 is 2.43 bits per heavy atom. The first-order chi connectivity index (χ1) is 22.8. The van der Waals surface area contributed by atoms with Crippen LogP contribution in [0.1, 0.15) is 46.8 Å². The minimum atomic E-state index is -0.868. The first-order valence-corrected chi connectivity index (χ1v) is 16.3. The van der Waals surface area contributed by atoms with E-state index in [-0.39, 0.29) is 35.9 Å². The number of likely N-dealkylation sites (tertiary alicyclic amines) is 1. The van der Waals surface area contributed by atoms with Crippen molar-refractivity contribution < 1.29 is 29.6 Å². The Labute approximate surface area is 275 Å². The number of aliphatic hydroxyl groups is 1. The van der Waals surface area contributed by atoms with E-state index in [1.54, 1.807) is 6.07 Å². The number of ether oxygens (including phenoxy) is 2. The predicted octanol–water partition coefficient (Wildman–Crippen LogP) is 4.93. The van der Waals surface area contributed by atoms with E-state index in [0.717, 1.165) is 61.2 Å². The number of fused-ring (bicyclic) bond motifs is 1. The predicted molar refractivity (Wildman–Crippen MR) is 181 cm³/mol. The highest BCUT2D eigenvalue weighted by molar-refractivity contribution is 5.97. The molecule has 5 N–H and O–H groups in total. The highest BCUT2D eigenvalue weighted by Crippen LogP contribution is 2.45. The summed E-state index contributed by atoms with van der Waals surface area (Å²) in [5, 5.41) is 37.7. The standard InChI is InChI=1S/C38H43N3O6/c1-41-20-17-38(18-21-41,28-5-3-2-4-6-28)31-23-27(9-13-32(31)42)16-22-46-29-10-7-26(8-11-29)15-19-39-24-34(44)30-12-14-33(43)36-37(30)47-25-35(45)40-36/h2-14,23,34,39,42-44H,15-22,24-25H2,1H3,(H,40,45). The van der Waals surface area contributed by atoms with Gasteiger partial charge in [0.25, 0.3) is 5.91 Å². The smallest absolute Gasteiger partial charge is 0.262 e. The molecule has 4 aromatic rings. The van der Waals surface area contributed by atoms with Gasteiger partial charge in [-0.3, -0.25) is 4.79 Å². The summed E-state index contributed by atoms with van der Waals surface area (Å²) in [5.74, 6) is 1.01. The minimum Gasteiger partial charge on any atom is -0.508 e. The van der Waals surface area contributed by atoms with E-state index in [1.807, 2.05) is 42.5 Å². The van der Waals surface area contributed by atoms with Crippen molar-refractivity contribution in [1.82, 2.24) is 10.2 Å². The number of aromatic hydroxyl groups is 2. The molecule has 0 spiro atoms. The molecule has 0 aromatic heterocycles. The number of hydrogen-bond donors (Lipinski definition) is 5. The summed E-state index contributed by atoms with van der Waals surface area (Å²) in [4.78, 5) is 14.0. The second-order valence-corrected chi connectivity index (χ2v) is 12.5. The maximum absolute atomic E-state index is 11.6. The Balaban J connectivity index is 0.995. The van der Waals surface area contributed by atoms with Crippen LogP contribution in [0.2, 0.25) is 0 Å². The zero-order chi connectivity index (χ0) is 32.8. The van der Waals surface area contributed by atoms with Crippen LogP contribution in [0.5, 0.6) is 23.0 Å². The number of carbonyl (C=O) groups excluding carboxylic acids is 1. The van der Waals surface area contributed by atoms with E-state index in [2.05, 4.69) is 52.9 Å². The molecule has 246 valence electrons. The largest absolute Gasteiger partial charge is 0.508 e. The molecule has 9 nitrogen and oxygen atoms in total. The van der Waals surface area contributed by atoms with Crippen LogP contribution in [-0.4, -0.2) is 72.6 Å². The Hall–Kier alpha value is -4.57. The van der Waals surface area contributed by atoms with Crippen molar-refractivity contribution in [3.05, 3.63) is 113 Å². The third-order valence-corrected chi connectivity index (χ3v) is 9.39. The molecule has 9 heteroatoms. The van der Waals surface area contributed by atoms with E-state index in [0.29, 0.717) is 30.2 Å². The van der Waals surface area contributed by atoms with Gasteiger partial charge in [0.15, 0.2) is 12.4 Å². The van der Waals surface area contributed by atoms with E-state index < -0.39 is 6.10 Å². The molecule has 1 fully saturated rings. The van der Waals surface area contributed by atoms with Gasteiger partial charge in [0.1, 0.15) is 22.9 Å². The van der Waals surface area contributed by atoms with Crippen LogP contribution in [-0.2, 0) is 23.1 Å². The van der Waals surface area contributed by atoms with E-state index >= 15 is 0 Å². The lowest BCUT2D eigenvalue weighted by Crippen LogP contribution is -2.41. The second-order valence-electron chi connectivity index (χ2n) is 12.5. The maximum Gasteiger partial charge on any atom is 0.262 e. The Morgan fingerprint density at radius 2 is 1.66 bits per heavy atom. The monoisotopic (exact) mass is 637 g/mol. The fourth-order valence-electron chi connectivity index (χ4n) is 6.65. The number of nitrogens with one attached hydrogen (secondary N) is 2. The lowest BCUT2D eigenvalue weighted by atomic mass is 9.67. The summed E-state index contributed by atoms with van der Waals surface area (Å²) < 4.78 is 11.6. The van der Waals surface area contributed by atoms with Gasteiger partial charge in [-0.1, -0.05) is 54.6 Å². The van der Waals surface area contributed by atoms with Crippen molar-refractivity contribution in [3.8, 4) is 23.0 Å². The molecule has 4 aromatic carbocycles. The molecule has 2 aliphatic rings. The van der Waals surface area contributed by atoms with Crippen molar-refractivity contribution in [1.29, 1.82) is 0 Å². The zero-order valence-corrected chi connectivity index (χ0v) is 26.7. The summed E-state index contributed by atoms with van der Waals surface area (Å²) in [7, 11) is 2.16. The van der Waals surface area contributed by atoms with Crippen LogP contribution >= 0.6 is 0 Å². The highest BCUT2D eigenvalue weighted by atomic mass is 16.5. The van der Waals surface area contributed by atoms with Gasteiger partial charge in [-0.05, 0) is 93.0 Å². The molecule has 1 atom stereocenters. The fourth-order valence-corrected chi connectivity index (χ4v) is 6.65. The summed E-state index contributed by atoms with van der Waals surface area (Å²) in [6.45, 7) is 3.27. The van der Waals surface area contributed by atoms with Gasteiger partial charge in [-0.25, -0.2) is 0 Å². The number of benzene rings is 4. The zero-order valence-electron chi connectivity index (χ0n) is 26.7. The molecule has 0 saturated carbocycles. The number of phenolic OH excluding ortho intramolecular Hbond substituents is 2. The van der Waals surface area contributed by atoms with Gasteiger partial charge in [0.05, 0.1) is 12.7 Å². The van der Waals surface area contributed by atoms with Gasteiger partial charge >= 0.3 is 0 Å². The molecule has 1 saturated heterocycles. The molecule has 47 heavy (non-hydrogen) atoms. The maximum atomic E-state index is 11.6. The third kappa shape index (κ3) is 7.38. The number of anilines is 1. The molecule has 0 aliphatic carbocycles. The lowest BCUT2D eigenvalue weighted by Gasteiger charge is -2.42.